The van der Waals surface area contributed by atoms with Crippen molar-refractivity contribution in [2.24, 2.45) is 5.73 Å². The number of urea groups is 1. The van der Waals surface area contributed by atoms with E-state index in [4.69, 9.17) is 5.73 Å². The highest BCUT2D eigenvalue weighted by atomic mass is 32.2. The molecule has 0 aromatic heterocycles. The highest BCUT2D eigenvalue weighted by molar-refractivity contribution is 8.01. The van der Waals surface area contributed by atoms with E-state index >= 15 is 0 Å². The molecule has 0 aromatic carbocycles. The van der Waals surface area contributed by atoms with Gasteiger partial charge in [-0.3, -0.25) is 4.79 Å². The Bertz CT molecular complexity index is 289. The Kier molecular flexibility index (Phi) is 2.77. The number of hydrogen-bond donors (Lipinski definition) is 2. The number of hydrazine groups is 1. The molecule has 0 bridgehead atoms. The molecule has 2 aliphatic rings. The fraction of sp³-hybridized carbons (Fsp3) is 0.778. The molecule has 84 valence electrons. The van der Waals surface area contributed by atoms with Gasteiger partial charge in [0.2, 0.25) is 0 Å². The van der Waals surface area contributed by atoms with Gasteiger partial charge in [0.25, 0.3) is 5.91 Å². The summed E-state index contributed by atoms with van der Waals surface area (Å²) >= 11 is 1.63. The molecule has 1 spiro atoms. The predicted octanol–water partition coefficient (Wildman–Crippen LogP) is 0.805. The molecular weight excluding hydrogens is 214 g/mol. The maximum absolute atomic E-state index is 11.6. The second kappa shape index (κ2) is 3.92. The van der Waals surface area contributed by atoms with E-state index in [1.165, 1.54) is 11.4 Å². The molecule has 2 rings (SSSR count). The summed E-state index contributed by atoms with van der Waals surface area (Å²) in [6, 6.07) is -0.657. The van der Waals surface area contributed by atoms with Crippen LogP contribution in [0.1, 0.15) is 32.1 Å². The van der Waals surface area contributed by atoms with Gasteiger partial charge in [0.1, 0.15) is 4.87 Å². The maximum Gasteiger partial charge on any atom is 0.331 e. The smallest absolute Gasteiger partial charge is 0.331 e. The minimum atomic E-state index is -0.657. The average molecular weight is 229 g/mol. The third-order valence-electron chi connectivity index (χ3n) is 2.98. The number of carbonyl (C=O) groups is 2. The summed E-state index contributed by atoms with van der Waals surface area (Å²) in [5.74, 6) is 0.404. The third kappa shape index (κ3) is 1.90. The van der Waals surface area contributed by atoms with E-state index in [0.29, 0.717) is 5.75 Å². The molecule has 1 saturated heterocycles. The fourth-order valence-corrected chi connectivity index (χ4v) is 3.67. The first kappa shape index (κ1) is 10.6. The summed E-state index contributed by atoms with van der Waals surface area (Å²) in [5.41, 5.74) is 7.53. The summed E-state index contributed by atoms with van der Waals surface area (Å²) in [6.45, 7) is 0. The molecule has 1 aliphatic heterocycles. The van der Waals surface area contributed by atoms with Crippen LogP contribution in [0, 0.1) is 0 Å². The van der Waals surface area contributed by atoms with Crippen molar-refractivity contribution in [1.29, 1.82) is 0 Å². The first-order chi connectivity index (χ1) is 7.14. The van der Waals surface area contributed by atoms with Gasteiger partial charge >= 0.3 is 6.03 Å². The first-order valence-electron chi connectivity index (χ1n) is 5.17. The Morgan fingerprint density at radius 1 is 1.40 bits per heavy atom. The number of rotatable bonds is 1. The van der Waals surface area contributed by atoms with Gasteiger partial charge in [-0.15, -0.1) is 11.8 Å². The van der Waals surface area contributed by atoms with Crippen LogP contribution >= 0.6 is 11.8 Å². The van der Waals surface area contributed by atoms with Crippen LogP contribution in [-0.2, 0) is 4.79 Å². The molecule has 1 aliphatic carbocycles. The van der Waals surface area contributed by atoms with Gasteiger partial charge in [-0.1, -0.05) is 19.3 Å². The van der Waals surface area contributed by atoms with Crippen LogP contribution in [-0.4, -0.2) is 27.6 Å². The lowest BCUT2D eigenvalue weighted by atomic mass is 9.94. The molecule has 0 radical (unpaired) electrons. The minimum Gasteiger partial charge on any atom is -0.350 e. The van der Waals surface area contributed by atoms with E-state index in [1.807, 2.05) is 0 Å². The molecule has 2 fully saturated rings. The summed E-state index contributed by atoms with van der Waals surface area (Å²) < 4.78 is 0. The van der Waals surface area contributed by atoms with Crippen molar-refractivity contribution in [2.45, 2.75) is 37.0 Å². The topological polar surface area (TPSA) is 75.4 Å². The van der Waals surface area contributed by atoms with Crippen molar-refractivity contribution in [1.82, 2.24) is 10.4 Å². The van der Waals surface area contributed by atoms with E-state index in [9.17, 15) is 9.59 Å². The largest absolute Gasteiger partial charge is 0.350 e. The van der Waals surface area contributed by atoms with Gasteiger partial charge in [0, 0.05) is 0 Å². The Labute approximate surface area is 92.7 Å². The number of primary amides is 1. The summed E-state index contributed by atoms with van der Waals surface area (Å²) in [7, 11) is 0. The zero-order valence-corrected chi connectivity index (χ0v) is 9.31. The standard InChI is InChI=1S/C9H15N3O2S/c10-8(14)11-12-7(13)6-15-9(12)4-2-1-3-5-9/h1-6H2,(H3,10,11,14). The van der Waals surface area contributed by atoms with Crippen LogP contribution in [0.15, 0.2) is 0 Å². The molecule has 6 heteroatoms. The number of nitrogens with zero attached hydrogens (tertiary/aromatic N) is 1. The van der Waals surface area contributed by atoms with E-state index in [1.54, 1.807) is 11.8 Å². The molecule has 3 N–H and O–H groups in total. The first-order valence-corrected chi connectivity index (χ1v) is 6.16. The Balaban J connectivity index is 2.15. The van der Waals surface area contributed by atoms with Crippen molar-refractivity contribution in [2.75, 3.05) is 5.75 Å². The molecule has 3 amide bonds. The number of nitrogens with two attached hydrogens (primary N) is 1. The predicted molar refractivity (Wildman–Crippen MR) is 57.8 cm³/mol. The zero-order chi connectivity index (χ0) is 10.9. The highest BCUT2D eigenvalue weighted by Crippen LogP contribution is 2.45. The molecule has 0 aromatic rings. The van der Waals surface area contributed by atoms with Crippen LogP contribution in [0.5, 0.6) is 0 Å². The monoisotopic (exact) mass is 229 g/mol. The second-order valence-corrected chi connectivity index (χ2v) is 5.34. The van der Waals surface area contributed by atoms with Crippen LogP contribution in [0.3, 0.4) is 0 Å². The Morgan fingerprint density at radius 2 is 2.07 bits per heavy atom. The third-order valence-corrected chi connectivity index (χ3v) is 4.50. The van der Waals surface area contributed by atoms with Crippen molar-refractivity contribution >= 4 is 23.7 Å². The van der Waals surface area contributed by atoms with Gasteiger partial charge in [0.05, 0.1) is 5.75 Å². The lowest BCUT2D eigenvalue weighted by Crippen LogP contribution is -2.56. The summed E-state index contributed by atoms with van der Waals surface area (Å²) in [4.78, 5) is 22.2. The molecule has 1 heterocycles. The second-order valence-electron chi connectivity index (χ2n) is 4.00. The highest BCUT2D eigenvalue weighted by Gasteiger charge is 2.47. The summed E-state index contributed by atoms with van der Waals surface area (Å²) in [6.07, 6.45) is 5.32. The van der Waals surface area contributed by atoms with Gasteiger partial charge in [0.15, 0.2) is 0 Å². The van der Waals surface area contributed by atoms with Gasteiger partial charge < -0.3 is 5.73 Å². The number of thioether (sulfide) groups is 1. The average Bonchev–Trinajstić information content (AvgIpc) is 2.48. The van der Waals surface area contributed by atoms with E-state index in [-0.39, 0.29) is 10.8 Å². The quantitative estimate of drug-likeness (QED) is 0.698. The SMILES string of the molecule is NC(=O)NN1C(=O)CSC12CCCCC2. The van der Waals surface area contributed by atoms with Crippen LogP contribution in [0.4, 0.5) is 4.79 Å². The molecule has 0 unspecified atom stereocenters. The Morgan fingerprint density at radius 3 is 2.67 bits per heavy atom. The molecule has 0 atom stereocenters. The van der Waals surface area contributed by atoms with Crippen molar-refractivity contribution in [3.63, 3.8) is 0 Å². The van der Waals surface area contributed by atoms with Gasteiger partial charge in [-0.25, -0.2) is 15.2 Å². The lowest BCUT2D eigenvalue weighted by Gasteiger charge is -2.39. The fourth-order valence-electron chi connectivity index (χ4n) is 2.30. The molecular formula is C9H15N3O2S. The number of hydrogen-bond acceptors (Lipinski definition) is 3. The minimum absolute atomic E-state index is 0.0410. The number of carbonyl (C=O) groups excluding carboxylic acids is 2. The number of nitrogens with one attached hydrogen (secondary N) is 1. The molecule has 15 heavy (non-hydrogen) atoms. The van der Waals surface area contributed by atoms with Crippen LogP contribution < -0.4 is 11.2 Å². The van der Waals surface area contributed by atoms with Crippen molar-refractivity contribution in [3.8, 4) is 0 Å². The van der Waals surface area contributed by atoms with E-state index < -0.39 is 6.03 Å². The van der Waals surface area contributed by atoms with E-state index in [0.717, 1.165) is 25.7 Å². The van der Waals surface area contributed by atoms with Crippen molar-refractivity contribution in [3.05, 3.63) is 0 Å². The zero-order valence-electron chi connectivity index (χ0n) is 8.49. The Hall–Kier alpha value is -0.910. The van der Waals surface area contributed by atoms with Crippen LogP contribution in [0.2, 0.25) is 0 Å². The lowest BCUT2D eigenvalue weighted by molar-refractivity contribution is -0.133. The summed E-state index contributed by atoms with van der Waals surface area (Å²) in [5, 5.41) is 1.46. The van der Waals surface area contributed by atoms with Gasteiger partial charge in [-0.05, 0) is 12.8 Å². The maximum atomic E-state index is 11.6. The van der Waals surface area contributed by atoms with Gasteiger partial charge in [-0.2, -0.15) is 0 Å². The van der Waals surface area contributed by atoms with Crippen LogP contribution in [0.25, 0.3) is 0 Å². The number of amides is 3. The molecule has 5 nitrogen and oxygen atoms in total. The molecule has 1 saturated carbocycles. The van der Waals surface area contributed by atoms with Crippen molar-refractivity contribution < 1.29 is 9.59 Å². The normalized spacial score (nSPS) is 24.5. The van der Waals surface area contributed by atoms with E-state index in [2.05, 4.69) is 5.43 Å².